The summed E-state index contributed by atoms with van der Waals surface area (Å²) in [5.41, 5.74) is 12.4. The van der Waals surface area contributed by atoms with Gasteiger partial charge in [0.25, 0.3) is 0 Å². The Morgan fingerprint density at radius 2 is 1.50 bits per heavy atom. The van der Waals surface area contributed by atoms with Gasteiger partial charge >= 0.3 is 0 Å². The Hall–Kier alpha value is -2.07. The molecule has 0 radical (unpaired) electrons. The predicted molar refractivity (Wildman–Crippen MR) is 80.5 cm³/mol. The van der Waals surface area contributed by atoms with E-state index in [1.807, 2.05) is 51.4 Å². The number of benzene rings is 2. The summed E-state index contributed by atoms with van der Waals surface area (Å²) in [5, 5.41) is 0. The maximum absolute atomic E-state index is 5.93. The SMILES string of the molecule is Cc1cc2nc3ccc(N(C)C)cc3nc2cc1N.[Cl-]. The smallest absolute Gasteiger partial charge is 0.0915 e. The number of aryl methyl sites for hydroxylation is 1. The second kappa shape index (κ2) is 5.13. The van der Waals surface area contributed by atoms with E-state index in [1.54, 1.807) is 0 Å². The zero-order chi connectivity index (χ0) is 13.6. The third-order valence-corrected chi connectivity index (χ3v) is 3.32. The highest BCUT2D eigenvalue weighted by Gasteiger charge is 2.05. The first-order chi connectivity index (χ1) is 9.04. The lowest BCUT2D eigenvalue weighted by Crippen LogP contribution is -3.00. The van der Waals surface area contributed by atoms with Crippen LogP contribution >= 0.6 is 0 Å². The lowest BCUT2D eigenvalue weighted by Gasteiger charge is -2.12. The molecule has 0 saturated heterocycles. The molecular formula is C15H16ClN4-. The van der Waals surface area contributed by atoms with E-state index in [4.69, 9.17) is 5.73 Å². The van der Waals surface area contributed by atoms with Gasteiger partial charge in [0.1, 0.15) is 0 Å². The van der Waals surface area contributed by atoms with Crippen LogP contribution in [-0.4, -0.2) is 24.1 Å². The first-order valence-corrected chi connectivity index (χ1v) is 6.19. The molecule has 1 heterocycles. The molecule has 5 heteroatoms. The highest BCUT2D eigenvalue weighted by molar-refractivity contribution is 5.89. The number of anilines is 2. The van der Waals surface area contributed by atoms with Gasteiger partial charge in [0.05, 0.1) is 22.1 Å². The van der Waals surface area contributed by atoms with E-state index in [0.717, 1.165) is 39.0 Å². The van der Waals surface area contributed by atoms with Gasteiger partial charge in [-0.2, -0.15) is 0 Å². The minimum absolute atomic E-state index is 0. The largest absolute Gasteiger partial charge is 1.00 e. The van der Waals surface area contributed by atoms with E-state index in [1.165, 1.54) is 0 Å². The highest BCUT2D eigenvalue weighted by atomic mass is 35.5. The van der Waals surface area contributed by atoms with Gasteiger partial charge < -0.3 is 23.0 Å². The van der Waals surface area contributed by atoms with Gasteiger partial charge in [0, 0.05) is 25.5 Å². The van der Waals surface area contributed by atoms with Gasteiger partial charge in [0.15, 0.2) is 0 Å². The summed E-state index contributed by atoms with van der Waals surface area (Å²) in [6, 6.07) is 9.96. The van der Waals surface area contributed by atoms with Gasteiger partial charge in [-0.1, -0.05) is 0 Å². The van der Waals surface area contributed by atoms with Gasteiger partial charge in [-0.05, 0) is 42.8 Å². The highest BCUT2D eigenvalue weighted by Crippen LogP contribution is 2.23. The van der Waals surface area contributed by atoms with Crippen molar-refractivity contribution in [3.05, 3.63) is 35.9 Å². The fraction of sp³-hybridized carbons (Fsp3) is 0.200. The molecule has 0 bridgehead atoms. The second-order valence-electron chi connectivity index (χ2n) is 4.99. The summed E-state index contributed by atoms with van der Waals surface area (Å²) >= 11 is 0. The summed E-state index contributed by atoms with van der Waals surface area (Å²) in [5.74, 6) is 0. The van der Waals surface area contributed by atoms with Crippen LogP contribution in [0.5, 0.6) is 0 Å². The quantitative estimate of drug-likeness (QED) is 0.495. The fourth-order valence-corrected chi connectivity index (χ4v) is 2.11. The average molecular weight is 288 g/mol. The zero-order valence-electron chi connectivity index (χ0n) is 11.7. The number of nitrogen functional groups attached to an aromatic ring is 1. The molecule has 104 valence electrons. The molecule has 2 N–H and O–H groups in total. The maximum atomic E-state index is 5.93. The van der Waals surface area contributed by atoms with Crippen LogP contribution in [0.15, 0.2) is 30.3 Å². The number of hydrogen-bond acceptors (Lipinski definition) is 4. The normalized spacial score (nSPS) is 10.6. The standard InChI is InChI=1S/C15H16N4.ClH/c1-9-6-13-15(8-11(9)16)18-14-7-10(19(2)3)4-5-12(14)17-13;/h4-8H,16H2,1-3H3;1H/p-1. The van der Waals surface area contributed by atoms with Crippen molar-refractivity contribution >= 4 is 33.4 Å². The Kier molecular flexibility index (Phi) is 3.68. The third kappa shape index (κ3) is 2.34. The average Bonchev–Trinajstić information content (AvgIpc) is 2.37. The summed E-state index contributed by atoms with van der Waals surface area (Å²) in [7, 11) is 4.02. The lowest BCUT2D eigenvalue weighted by molar-refractivity contribution is -0.00000408. The van der Waals surface area contributed by atoms with Crippen molar-refractivity contribution in [2.24, 2.45) is 0 Å². The van der Waals surface area contributed by atoms with Gasteiger partial charge in [-0.15, -0.1) is 0 Å². The van der Waals surface area contributed by atoms with E-state index in [9.17, 15) is 0 Å². The molecule has 0 fully saturated rings. The van der Waals surface area contributed by atoms with Crippen LogP contribution in [0.2, 0.25) is 0 Å². The fourth-order valence-electron chi connectivity index (χ4n) is 2.11. The van der Waals surface area contributed by atoms with E-state index in [-0.39, 0.29) is 12.4 Å². The van der Waals surface area contributed by atoms with Crippen LogP contribution in [0.1, 0.15) is 5.56 Å². The molecule has 0 atom stereocenters. The minimum Gasteiger partial charge on any atom is -1.00 e. The third-order valence-electron chi connectivity index (χ3n) is 3.32. The van der Waals surface area contributed by atoms with Crippen LogP contribution in [-0.2, 0) is 0 Å². The van der Waals surface area contributed by atoms with Gasteiger partial charge in [-0.25, -0.2) is 9.97 Å². The lowest BCUT2D eigenvalue weighted by atomic mass is 10.1. The summed E-state index contributed by atoms with van der Waals surface area (Å²) < 4.78 is 0. The Morgan fingerprint density at radius 3 is 2.20 bits per heavy atom. The van der Waals surface area contributed by atoms with E-state index < -0.39 is 0 Å². The van der Waals surface area contributed by atoms with Crippen molar-refractivity contribution in [2.45, 2.75) is 6.92 Å². The number of fused-ring (bicyclic) bond motifs is 2. The molecule has 20 heavy (non-hydrogen) atoms. The van der Waals surface area contributed by atoms with Crippen LogP contribution in [0.25, 0.3) is 22.1 Å². The maximum Gasteiger partial charge on any atom is 0.0915 e. The predicted octanol–water partition coefficient (Wildman–Crippen LogP) is -0.256. The molecular weight excluding hydrogens is 272 g/mol. The zero-order valence-corrected chi connectivity index (χ0v) is 12.4. The van der Waals surface area contributed by atoms with Crippen molar-refractivity contribution in [1.29, 1.82) is 0 Å². The molecule has 0 saturated carbocycles. The first kappa shape index (κ1) is 14.3. The van der Waals surface area contributed by atoms with Crippen molar-refractivity contribution in [3.63, 3.8) is 0 Å². The Bertz CT molecular complexity index is 784. The molecule has 3 rings (SSSR count). The molecule has 4 nitrogen and oxygen atoms in total. The first-order valence-electron chi connectivity index (χ1n) is 6.19. The van der Waals surface area contributed by atoms with E-state index in [2.05, 4.69) is 14.9 Å². The number of rotatable bonds is 1. The Morgan fingerprint density at radius 1 is 0.900 bits per heavy atom. The molecule has 0 spiro atoms. The van der Waals surface area contributed by atoms with Crippen molar-refractivity contribution in [2.75, 3.05) is 24.7 Å². The van der Waals surface area contributed by atoms with E-state index >= 15 is 0 Å². The van der Waals surface area contributed by atoms with Gasteiger partial charge in [0.2, 0.25) is 0 Å². The number of halogens is 1. The molecule has 0 amide bonds. The number of nitrogens with two attached hydrogens (primary N) is 1. The number of aromatic nitrogens is 2. The minimum atomic E-state index is 0. The van der Waals surface area contributed by atoms with Crippen molar-refractivity contribution in [3.8, 4) is 0 Å². The second-order valence-corrected chi connectivity index (χ2v) is 4.99. The molecule has 0 unspecified atom stereocenters. The Balaban J connectivity index is 0.00000147. The summed E-state index contributed by atoms with van der Waals surface area (Å²) in [4.78, 5) is 11.3. The molecule has 0 aliphatic carbocycles. The van der Waals surface area contributed by atoms with Crippen LogP contribution < -0.4 is 23.0 Å². The van der Waals surface area contributed by atoms with Crippen LogP contribution in [0.4, 0.5) is 11.4 Å². The molecule has 0 aliphatic heterocycles. The van der Waals surface area contributed by atoms with E-state index in [0.29, 0.717) is 0 Å². The van der Waals surface area contributed by atoms with Crippen LogP contribution in [0.3, 0.4) is 0 Å². The van der Waals surface area contributed by atoms with Crippen molar-refractivity contribution < 1.29 is 12.4 Å². The number of nitrogens with zero attached hydrogens (tertiary/aromatic N) is 3. The summed E-state index contributed by atoms with van der Waals surface area (Å²) in [6.45, 7) is 1.98. The topological polar surface area (TPSA) is 55.0 Å². The molecule has 2 aromatic carbocycles. The monoisotopic (exact) mass is 287 g/mol. The molecule has 3 aromatic rings. The molecule has 0 aliphatic rings. The summed E-state index contributed by atoms with van der Waals surface area (Å²) in [6.07, 6.45) is 0. The number of hydrogen-bond donors (Lipinski definition) is 1. The van der Waals surface area contributed by atoms with Gasteiger partial charge in [-0.3, -0.25) is 0 Å². The van der Waals surface area contributed by atoms with Crippen molar-refractivity contribution in [1.82, 2.24) is 9.97 Å². The van der Waals surface area contributed by atoms with Crippen LogP contribution in [0, 0.1) is 6.92 Å². The Labute approximate surface area is 124 Å². The molecule has 1 aromatic heterocycles.